The van der Waals surface area contributed by atoms with Crippen LogP contribution in [-0.2, 0) is 0 Å². The molecule has 0 bridgehead atoms. The van der Waals surface area contributed by atoms with E-state index in [2.05, 4.69) is 168 Å². The van der Waals surface area contributed by atoms with Gasteiger partial charge in [0, 0.05) is 32.8 Å². The highest BCUT2D eigenvalue weighted by molar-refractivity contribution is 6.17. The summed E-state index contributed by atoms with van der Waals surface area (Å²) in [5, 5.41) is 7.04. The zero-order valence-electron chi connectivity index (χ0n) is 32.3. The van der Waals surface area contributed by atoms with Crippen molar-refractivity contribution in [2.75, 3.05) is 0 Å². The summed E-state index contributed by atoms with van der Waals surface area (Å²) in [7, 11) is 0. The standard InChI is InChI=1S/C55H34N4O/c1-3-13-35(14-4-1)36-23-27-39(28-24-36)54-56-53(38-15-5-2-6-16-38)57-55(58-54)40-29-25-37(26-30-40)43-33-49(52-45-20-10-12-22-50(45)60-51(52)34-43)59-47-21-11-9-19-44(47)46-31-41-17-7-8-18-42(41)32-48(46)59/h1-34H. The molecule has 9 aromatic carbocycles. The van der Waals surface area contributed by atoms with Crippen molar-refractivity contribution in [2.45, 2.75) is 0 Å². The molecule has 0 aliphatic carbocycles. The first-order valence-corrected chi connectivity index (χ1v) is 20.2. The van der Waals surface area contributed by atoms with Crippen molar-refractivity contribution < 1.29 is 4.42 Å². The number of fused-ring (bicyclic) bond motifs is 7. The van der Waals surface area contributed by atoms with Gasteiger partial charge in [-0.05, 0) is 69.4 Å². The molecule has 60 heavy (non-hydrogen) atoms. The Hall–Kier alpha value is -8.15. The lowest BCUT2D eigenvalue weighted by molar-refractivity contribution is 0.669. The van der Waals surface area contributed by atoms with Gasteiger partial charge in [0.05, 0.1) is 22.1 Å². The van der Waals surface area contributed by atoms with Gasteiger partial charge in [0.1, 0.15) is 11.2 Å². The predicted octanol–water partition coefficient (Wildman–Crippen LogP) is 14.4. The van der Waals surface area contributed by atoms with Gasteiger partial charge in [0.25, 0.3) is 0 Å². The molecule has 0 N–H and O–H groups in total. The van der Waals surface area contributed by atoms with Crippen molar-refractivity contribution in [1.29, 1.82) is 0 Å². The minimum atomic E-state index is 0.614. The lowest BCUT2D eigenvalue weighted by atomic mass is 10.00. The van der Waals surface area contributed by atoms with Gasteiger partial charge in [0.2, 0.25) is 0 Å². The summed E-state index contributed by atoms with van der Waals surface area (Å²) in [5.74, 6) is 1.87. The van der Waals surface area contributed by atoms with E-state index >= 15 is 0 Å². The van der Waals surface area contributed by atoms with Crippen molar-refractivity contribution in [3.8, 4) is 62.1 Å². The van der Waals surface area contributed by atoms with Crippen LogP contribution in [0.5, 0.6) is 0 Å². The highest BCUT2D eigenvalue weighted by Gasteiger charge is 2.20. The van der Waals surface area contributed by atoms with Crippen LogP contribution < -0.4 is 0 Å². The van der Waals surface area contributed by atoms with Gasteiger partial charge in [-0.3, -0.25) is 0 Å². The van der Waals surface area contributed by atoms with Crippen LogP contribution in [0.2, 0.25) is 0 Å². The van der Waals surface area contributed by atoms with E-state index in [9.17, 15) is 0 Å². The zero-order valence-corrected chi connectivity index (χ0v) is 32.3. The summed E-state index contributed by atoms with van der Waals surface area (Å²) in [4.78, 5) is 15.0. The molecule has 0 aliphatic heterocycles. The van der Waals surface area contributed by atoms with Gasteiger partial charge in [-0.25, -0.2) is 15.0 Å². The maximum Gasteiger partial charge on any atom is 0.164 e. The van der Waals surface area contributed by atoms with Gasteiger partial charge in [-0.2, -0.15) is 0 Å². The average Bonchev–Trinajstić information content (AvgIpc) is 3.86. The van der Waals surface area contributed by atoms with E-state index in [1.807, 2.05) is 42.5 Å². The fraction of sp³-hybridized carbons (Fsp3) is 0. The molecule has 0 radical (unpaired) electrons. The number of rotatable bonds is 6. The molecule has 5 nitrogen and oxygen atoms in total. The zero-order chi connectivity index (χ0) is 39.6. The molecule has 0 unspecified atom stereocenters. The quantitative estimate of drug-likeness (QED) is 0.169. The summed E-state index contributed by atoms with van der Waals surface area (Å²) in [5.41, 5.74) is 12.3. The van der Waals surface area contributed by atoms with Gasteiger partial charge < -0.3 is 8.98 Å². The maximum absolute atomic E-state index is 6.64. The molecule has 3 heterocycles. The average molecular weight is 767 g/mol. The minimum absolute atomic E-state index is 0.614. The molecule has 3 aromatic heterocycles. The fourth-order valence-electron chi connectivity index (χ4n) is 8.69. The summed E-state index contributed by atoms with van der Waals surface area (Å²) in [6.07, 6.45) is 0. The summed E-state index contributed by atoms with van der Waals surface area (Å²) in [6.45, 7) is 0. The summed E-state index contributed by atoms with van der Waals surface area (Å²) in [6, 6.07) is 72.2. The molecule has 0 aliphatic rings. The highest BCUT2D eigenvalue weighted by Crippen LogP contribution is 2.42. The van der Waals surface area contributed by atoms with Crippen molar-refractivity contribution in [2.24, 2.45) is 0 Å². The minimum Gasteiger partial charge on any atom is -0.456 e. The molecule has 0 saturated carbocycles. The summed E-state index contributed by atoms with van der Waals surface area (Å²) < 4.78 is 9.06. The number of hydrogen-bond donors (Lipinski definition) is 0. The monoisotopic (exact) mass is 766 g/mol. The van der Waals surface area contributed by atoms with Crippen LogP contribution in [0.25, 0.3) is 117 Å². The van der Waals surface area contributed by atoms with Gasteiger partial charge in [-0.15, -0.1) is 0 Å². The molecule has 5 heteroatoms. The molecular weight excluding hydrogens is 733 g/mol. The first kappa shape index (κ1) is 33.9. The molecule has 0 fully saturated rings. The fourth-order valence-corrected chi connectivity index (χ4v) is 8.69. The van der Waals surface area contributed by atoms with Crippen LogP contribution in [0.1, 0.15) is 0 Å². The first-order valence-electron chi connectivity index (χ1n) is 20.2. The second-order valence-corrected chi connectivity index (χ2v) is 15.2. The molecule has 0 saturated heterocycles. The Kier molecular flexibility index (Phi) is 7.78. The topological polar surface area (TPSA) is 56.7 Å². The van der Waals surface area contributed by atoms with E-state index < -0.39 is 0 Å². The number of para-hydroxylation sites is 2. The highest BCUT2D eigenvalue weighted by atomic mass is 16.3. The third-order valence-electron chi connectivity index (χ3n) is 11.6. The van der Waals surface area contributed by atoms with Gasteiger partial charge >= 0.3 is 0 Å². The van der Waals surface area contributed by atoms with Crippen molar-refractivity contribution in [3.05, 3.63) is 206 Å². The van der Waals surface area contributed by atoms with Crippen LogP contribution in [-0.4, -0.2) is 19.5 Å². The van der Waals surface area contributed by atoms with Crippen LogP contribution in [0.3, 0.4) is 0 Å². The Morgan fingerprint density at radius 1 is 0.317 bits per heavy atom. The first-order chi connectivity index (χ1) is 29.7. The van der Waals surface area contributed by atoms with Gasteiger partial charge in [-0.1, -0.05) is 170 Å². The van der Waals surface area contributed by atoms with Crippen molar-refractivity contribution in [3.63, 3.8) is 0 Å². The Morgan fingerprint density at radius 3 is 1.47 bits per heavy atom. The molecule has 12 aromatic rings. The SMILES string of the molecule is c1ccc(-c2ccc(-c3nc(-c4ccccc4)nc(-c4ccc(-c5cc(-n6c7ccccc7c7cc8ccccc8cc76)c6c(c5)oc5ccccc56)cc4)n3)cc2)cc1. The summed E-state index contributed by atoms with van der Waals surface area (Å²) >= 11 is 0. The Morgan fingerprint density at radius 2 is 0.800 bits per heavy atom. The van der Waals surface area contributed by atoms with E-state index in [4.69, 9.17) is 19.4 Å². The lowest BCUT2D eigenvalue weighted by Gasteiger charge is -2.13. The Bertz CT molecular complexity index is 3570. The van der Waals surface area contributed by atoms with Crippen LogP contribution in [0.4, 0.5) is 0 Å². The third kappa shape index (κ3) is 5.67. The normalized spacial score (nSPS) is 11.7. The lowest BCUT2D eigenvalue weighted by Crippen LogP contribution is -2.00. The predicted molar refractivity (Wildman–Crippen MR) is 246 cm³/mol. The number of hydrogen-bond acceptors (Lipinski definition) is 4. The number of furan rings is 1. The third-order valence-corrected chi connectivity index (χ3v) is 11.6. The smallest absolute Gasteiger partial charge is 0.164 e. The number of benzene rings is 9. The van der Waals surface area contributed by atoms with Crippen molar-refractivity contribution in [1.82, 2.24) is 19.5 Å². The van der Waals surface area contributed by atoms with Gasteiger partial charge in [0.15, 0.2) is 17.5 Å². The molecule has 0 spiro atoms. The molecule has 12 rings (SSSR count). The second kappa shape index (κ2) is 13.8. The number of aromatic nitrogens is 4. The van der Waals surface area contributed by atoms with Crippen LogP contribution >= 0.6 is 0 Å². The Balaban J connectivity index is 1.00. The molecular formula is C55H34N4O. The van der Waals surface area contributed by atoms with Crippen LogP contribution in [0, 0.1) is 0 Å². The van der Waals surface area contributed by atoms with E-state index in [0.29, 0.717) is 17.5 Å². The maximum atomic E-state index is 6.64. The van der Waals surface area contributed by atoms with Crippen molar-refractivity contribution >= 4 is 54.5 Å². The Labute approximate surface area is 345 Å². The van der Waals surface area contributed by atoms with E-state index in [-0.39, 0.29) is 0 Å². The van der Waals surface area contributed by atoms with E-state index in [0.717, 1.165) is 72.0 Å². The van der Waals surface area contributed by atoms with E-state index in [1.165, 1.54) is 27.1 Å². The molecule has 0 atom stereocenters. The number of nitrogens with zero attached hydrogens (tertiary/aromatic N) is 4. The molecule has 0 amide bonds. The van der Waals surface area contributed by atoms with E-state index in [1.54, 1.807) is 0 Å². The molecule has 280 valence electrons. The largest absolute Gasteiger partial charge is 0.456 e. The second-order valence-electron chi connectivity index (χ2n) is 15.2. The van der Waals surface area contributed by atoms with Crippen LogP contribution in [0.15, 0.2) is 211 Å².